The van der Waals surface area contributed by atoms with E-state index in [0.29, 0.717) is 24.7 Å². The van der Waals surface area contributed by atoms with Gasteiger partial charge in [0.05, 0.1) is 22.9 Å². The summed E-state index contributed by atoms with van der Waals surface area (Å²) in [7, 11) is 0. The van der Waals surface area contributed by atoms with Crippen LogP contribution >= 0.6 is 0 Å². The first-order valence-electron chi connectivity index (χ1n) is 10.2. The van der Waals surface area contributed by atoms with Gasteiger partial charge in [0.25, 0.3) is 0 Å². The zero-order chi connectivity index (χ0) is 22.0. The lowest BCUT2D eigenvalue weighted by molar-refractivity contribution is -0.138. The maximum atomic E-state index is 13.6. The molecule has 3 nitrogen and oxygen atoms in total. The fraction of sp³-hybridized carbons (Fsp3) is 0.292. The molecule has 0 unspecified atom stereocenters. The molecule has 0 atom stereocenters. The number of alkyl halides is 3. The normalized spacial score (nSPS) is 15.6. The third kappa shape index (κ3) is 4.35. The van der Waals surface area contributed by atoms with Crippen molar-refractivity contribution >= 4 is 16.5 Å². The van der Waals surface area contributed by atoms with Gasteiger partial charge in [0.2, 0.25) is 0 Å². The molecule has 0 N–H and O–H groups in total. The summed E-state index contributed by atoms with van der Waals surface area (Å²) < 4.78 is 54.2. The van der Waals surface area contributed by atoms with Gasteiger partial charge in [0.1, 0.15) is 5.82 Å². The number of fused-ring (bicyclic) bond motifs is 1. The summed E-state index contributed by atoms with van der Waals surface area (Å²) in [6.45, 7) is 1.25. The SMILES string of the molecule is N#Cc1ccc(N2CCCCCN2Cc2ccc(F)cc2C(F)(F)F)c2ccccc12. The van der Waals surface area contributed by atoms with E-state index < -0.39 is 17.6 Å². The highest BCUT2D eigenvalue weighted by Crippen LogP contribution is 2.35. The van der Waals surface area contributed by atoms with E-state index in [1.54, 1.807) is 6.07 Å². The number of nitriles is 1. The van der Waals surface area contributed by atoms with Crippen molar-refractivity contribution in [2.75, 3.05) is 18.1 Å². The van der Waals surface area contributed by atoms with Crippen LogP contribution in [-0.2, 0) is 12.7 Å². The van der Waals surface area contributed by atoms with Gasteiger partial charge in [0.15, 0.2) is 0 Å². The highest BCUT2D eigenvalue weighted by molar-refractivity contribution is 5.97. The van der Waals surface area contributed by atoms with E-state index in [1.165, 1.54) is 6.07 Å². The molecule has 0 bridgehead atoms. The van der Waals surface area contributed by atoms with Gasteiger partial charge in [-0.1, -0.05) is 36.8 Å². The zero-order valence-corrected chi connectivity index (χ0v) is 16.8. The van der Waals surface area contributed by atoms with Crippen molar-refractivity contribution in [2.45, 2.75) is 32.0 Å². The standard InChI is InChI=1S/C24H21F4N3/c25-19-10-8-18(22(14-19)24(26,27)28)16-30-12-4-1-5-13-31(30)23-11-9-17(15-29)20-6-2-3-7-21(20)23/h2-3,6-11,14H,1,4-5,12-13,16H2. The Morgan fingerprint density at radius 2 is 1.65 bits per heavy atom. The van der Waals surface area contributed by atoms with Gasteiger partial charge in [-0.25, -0.2) is 9.40 Å². The highest BCUT2D eigenvalue weighted by atomic mass is 19.4. The third-order valence-electron chi connectivity index (χ3n) is 5.66. The number of anilines is 1. The summed E-state index contributed by atoms with van der Waals surface area (Å²) in [5.74, 6) is -0.901. The fourth-order valence-corrected chi connectivity index (χ4v) is 4.18. The van der Waals surface area contributed by atoms with Crippen LogP contribution in [0.3, 0.4) is 0 Å². The first-order chi connectivity index (χ1) is 14.9. The minimum Gasteiger partial charge on any atom is -0.305 e. The molecule has 0 radical (unpaired) electrons. The molecule has 7 heteroatoms. The molecule has 0 aromatic heterocycles. The van der Waals surface area contributed by atoms with Crippen molar-refractivity contribution < 1.29 is 17.6 Å². The molecule has 3 aromatic carbocycles. The highest BCUT2D eigenvalue weighted by Gasteiger charge is 2.35. The molecule has 3 aromatic rings. The van der Waals surface area contributed by atoms with Crippen LogP contribution in [0.4, 0.5) is 23.2 Å². The molecular formula is C24H21F4N3. The van der Waals surface area contributed by atoms with Gasteiger partial charge in [-0.05, 0) is 42.7 Å². The van der Waals surface area contributed by atoms with Gasteiger partial charge in [-0.15, -0.1) is 0 Å². The molecule has 1 heterocycles. The van der Waals surface area contributed by atoms with Crippen molar-refractivity contribution in [3.8, 4) is 6.07 Å². The van der Waals surface area contributed by atoms with Gasteiger partial charge in [0, 0.05) is 30.4 Å². The molecular weight excluding hydrogens is 406 g/mol. The Bertz CT molecular complexity index is 1130. The van der Waals surface area contributed by atoms with E-state index in [9.17, 15) is 22.8 Å². The van der Waals surface area contributed by atoms with Gasteiger partial charge in [-0.3, -0.25) is 0 Å². The average Bonchev–Trinajstić information content (AvgIpc) is 2.99. The number of benzene rings is 3. The second-order valence-corrected chi connectivity index (χ2v) is 7.66. The minimum absolute atomic E-state index is 0.0173. The van der Waals surface area contributed by atoms with E-state index in [1.807, 2.05) is 40.3 Å². The minimum atomic E-state index is -4.63. The van der Waals surface area contributed by atoms with Crippen molar-refractivity contribution in [3.63, 3.8) is 0 Å². The average molecular weight is 427 g/mol. The third-order valence-corrected chi connectivity index (χ3v) is 5.66. The molecule has 4 rings (SSSR count). The number of hydrogen-bond donors (Lipinski definition) is 0. The molecule has 0 amide bonds. The number of halogens is 4. The molecule has 0 aliphatic carbocycles. The Labute approximate surface area is 178 Å². The first-order valence-corrected chi connectivity index (χ1v) is 10.2. The molecule has 1 saturated heterocycles. The van der Waals surface area contributed by atoms with Crippen LogP contribution in [0.15, 0.2) is 54.6 Å². The fourth-order valence-electron chi connectivity index (χ4n) is 4.18. The summed E-state index contributed by atoms with van der Waals surface area (Å²) in [6.07, 6.45) is -1.90. The Morgan fingerprint density at radius 1 is 0.903 bits per heavy atom. The van der Waals surface area contributed by atoms with E-state index in [0.717, 1.165) is 41.8 Å². The Hall–Kier alpha value is -3.11. The summed E-state index contributed by atoms with van der Waals surface area (Å²) in [5, 5.41) is 15.1. The molecule has 1 aliphatic rings. The molecule has 0 saturated carbocycles. The quantitative estimate of drug-likeness (QED) is 0.461. The number of hydrogen-bond acceptors (Lipinski definition) is 3. The van der Waals surface area contributed by atoms with Crippen LogP contribution in [0.5, 0.6) is 0 Å². The lowest BCUT2D eigenvalue weighted by Crippen LogP contribution is -2.42. The molecule has 1 aliphatic heterocycles. The lowest BCUT2D eigenvalue weighted by atomic mass is 10.0. The predicted molar refractivity (Wildman–Crippen MR) is 112 cm³/mol. The number of nitrogens with zero attached hydrogens (tertiary/aromatic N) is 3. The van der Waals surface area contributed by atoms with Crippen LogP contribution in [0.25, 0.3) is 10.8 Å². The second-order valence-electron chi connectivity index (χ2n) is 7.66. The van der Waals surface area contributed by atoms with Crippen LogP contribution < -0.4 is 5.01 Å². The molecule has 0 spiro atoms. The van der Waals surface area contributed by atoms with Crippen molar-refractivity contribution in [1.82, 2.24) is 5.01 Å². The summed E-state index contributed by atoms with van der Waals surface area (Å²) >= 11 is 0. The van der Waals surface area contributed by atoms with E-state index in [-0.39, 0.29) is 12.1 Å². The molecule has 160 valence electrons. The van der Waals surface area contributed by atoms with Crippen LogP contribution in [0.1, 0.15) is 36.0 Å². The van der Waals surface area contributed by atoms with Crippen molar-refractivity contribution in [3.05, 3.63) is 77.1 Å². The molecule has 31 heavy (non-hydrogen) atoms. The smallest absolute Gasteiger partial charge is 0.305 e. The summed E-state index contributed by atoms with van der Waals surface area (Å²) in [4.78, 5) is 0. The predicted octanol–water partition coefficient (Wildman–Crippen LogP) is 6.28. The first kappa shape index (κ1) is 21.1. The Morgan fingerprint density at radius 3 is 2.39 bits per heavy atom. The van der Waals surface area contributed by atoms with Crippen molar-refractivity contribution in [2.24, 2.45) is 0 Å². The van der Waals surface area contributed by atoms with E-state index in [2.05, 4.69) is 6.07 Å². The second kappa shape index (κ2) is 8.56. The van der Waals surface area contributed by atoms with Crippen LogP contribution in [-0.4, -0.2) is 18.1 Å². The van der Waals surface area contributed by atoms with E-state index >= 15 is 0 Å². The van der Waals surface area contributed by atoms with Gasteiger partial charge < -0.3 is 5.01 Å². The molecule has 1 fully saturated rings. The summed E-state index contributed by atoms with van der Waals surface area (Å²) in [6, 6.07) is 16.2. The van der Waals surface area contributed by atoms with E-state index in [4.69, 9.17) is 0 Å². The maximum Gasteiger partial charge on any atom is 0.416 e. The van der Waals surface area contributed by atoms with Gasteiger partial charge >= 0.3 is 6.18 Å². The topological polar surface area (TPSA) is 30.3 Å². The number of hydrazine groups is 1. The monoisotopic (exact) mass is 427 g/mol. The Balaban J connectivity index is 1.77. The largest absolute Gasteiger partial charge is 0.416 e. The maximum absolute atomic E-state index is 13.6. The van der Waals surface area contributed by atoms with Crippen molar-refractivity contribution in [1.29, 1.82) is 5.26 Å². The summed E-state index contributed by atoms with van der Waals surface area (Å²) in [5.41, 5.74) is 0.505. The van der Waals surface area contributed by atoms with Crippen LogP contribution in [0, 0.1) is 17.1 Å². The lowest BCUT2D eigenvalue weighted by Gasteiger charge is -2.36. The van der Waals surface area contributed by atoms with Gasteiger partial charge in [-0.2, -0.15) is 18.4 Å². The Kier molecular flexibility index (Phi) is 5.84. The number of rotatable bonds is 3. The van der Waals surface area contributed by atoms with Crippen LogP contribution in [0.2, 0.25) is 0 Å². The zero-order valence-electron chi connectivity index (χ0n) is 16.8.